The highest BCUT2D eigenvalue weighted by Crippen LogP contribution is 2.36. The number of carbonyl (C=O) groups is 1. The number of aromatic nitrogens is 2. The fourth-order valence-corrected chi connectivity index (χ4v) is 3.24. The maximum absolute atomic E-state index is 12.4. The Bertz CT molecular complexity index is 1220. The van der Waals surface area contributed by atoms with Gasteiger partial charge in [0.1, 0.15) is 11.4 Å². The van der Waals surface area contributed by atoms with Gasteiger partial charge in [0.25, 0.3) is 5.91 Å². The highest BCUT2D eigenvalue weighted by Gasteiger charge is 2.16. The summed E-state index contributed by atoms with van der Waals surface area (Å²) in [7, 11) is 1.61. The van der Waals surface area contributed by atoms with Gasteiger partial charge in [-0.05, 0) is 29.0 Å². The van der Waals surface area contributed by atoms with Crippen LogP contribution in [0.3, 0.4) is 0 Å². The van der Waals surface area contributed by atoms with Gasteiger partial charge in [-0.3, -0.25) is 9.89 Å². The number of nitrogens with zero attached hydrogens (tertiary/aromatic N) is 2. The standard InChI is InChI=1S/C22H17ClN4O2/c1-29-20-11-10-14-6-2-4-8-16(14)21(20)18-12-19(26-25-18)22(28)27-24-13-15-7-3-5-9-17(15)23/h2-13H,1H3,(H,25,26)(H,27,28). The van der Waals surface area contributed by atoms with Crippen LogP contribution < -0.4 is 10.2 Å². The van der Waals surface area contributed by atoms with Gasteiger partial charge in [-0.1, -0.05) is 60.1 Å². The number of methoxy groups -OCH3 is 1. The van der Waals surface area contributed by atoms with Crippen LogP contribution in [0.15, 0.2) is 71.8 Å². The maximum Gasteiger partial charge on any atom is 0.289 e. The normalized spacial score (nSPS) is 11.1. The Morgan fingerprint density at radius 2 is 1.93 bits per heavy atom. The van der Waals surface area contributed by atoms with Crippen molar-refractivity contribution < 1.29 is 9.53 Å². The van der Waals surface area contributed by atoms with E-state index in [0.717, 1.165) is 16.3 Å². The van der Waals surface area contributed by atoms with Crippen molar-refractivity contribution in [3.63, 3.8) is 0 Å². The van der Waals surface area contributed by atoms with Crippen molar-refractivity contribution in [2.24, 2.45) is 5.10 Å². The minimum atomic E-state index is -0.411. The van der Waals surface area contributed by atoms with E-state index in [2.05, 4.69) is 20.7 Å². The number of aromatic amines is 1. The second kappa shape index (κ2) is 8.16. The van der Waals surface area contributed by atoms with Crippen LogP contribution in [-0.2, 0) is 0 Å². The van der Waals surface area contributed by atoms with Crippen LogP contribution >= 0.6 is 11.6 Å². The second-order valence-electron chi connectivity index (χ2n) is 6.25. The first-order valence-electron chi connectivity index (χ1n) is 8.87. The third-order valence-corrected chi connectivity index (χ3v) is 4.81. The van der Waals surface area contributed by atoms with Crippen molar-refractivity contribution in [3.8, 4) is 17.0 Å². The van der Waals surface area contributed by atoms with E-state index in [1.165, 1.54) is 6.21 Å². The molecule has 0 radical (unpaired) electrons. The van der Waals surface area contributed by atoms with Crippen LogP contribution in [0.25, 0.3) is 22.0 Å². The van der Waals surface area contributed by atoms with Crippen LogP contribution in [0.1, 0.15) is 16.1 Å². The summed E-state index contributed by atoms with van der Waals surface area (Å²) >= 11 is 6.07. The first kappa shape index (κ1) is 18.7. The topological polar surface area (TPSA) is 79.4 Å². The van der Waals surface area contributed by atoms with E-state index in [1.54, 1.807) is 25.3 Å². The molecular weight excluding hydrogens is 388 g/mol. The molecule has 1 aromatic heterocycles. The van der Waals surface area contributed by atoms with E-state index in [9.17, 15) is 4.79 Å². The summed E-state index contributed by atoms with van der Waals surface area (Å²) < 4.78 is 5.51. The van der Waals surface area contributed by atoms with Crippen LogP contribution in [0.4, 0.5) is 0 Å². The van der Waals surface area contributed by atoms with E-state index < -0.39 is 5.91 Å². The van der Waals surface area contributed by atoms with Gasteiger partial charge in [0.2, 0.25) is 0 Å². The molecule has 0 unspecified atom stereocenters. The van der Waals surface area contributed by atoms with Crippen LogP contribution in [0.5, 0.6) is 5.75 Å². The maximum atomic E-state index is 12.4. The van der Waals surface area contributed by atoms with E-state index in [0.29, 0.717) is 22.0 Å². The third kappa shape index (κ3) is 3.83. The van der Waals surface area contributed by atoms with Gasteiger partial charge in [0.15, 0.2) is 0 Å². The molecule has 4 aromatic rings. The highest BCUT2D eigenvalue weighted by molar-refractivity contribution is 6.33. The van der Waals surface area contributed by atoms with Crippen molar-refractivity contribution in [2.75, 3.05) is 7.11 Å². The van der Waals surface area contributed by atoms with Gasteiger partial charge in [0, 0.05) is 10.6 Å². The molecule has 1 amide bonds. The zero-order chi connectivity index (χ0) is 20.2. The fraction of sp³-hybridized carbons (Fsp3) is 0.0455. The molecule has 144 valence electrons. The summed E-state index contributed by atoms with van der Waals surface area (Å²) in [6.07, 6.45) is 1.49. The van der Waals surface area contributed by atoms with Crippen LogP contribution in [0, 0.1) is 0 Å². The molecule has 3 aromatic carbocycles. The molecule has 0 aliphatic heterocycles. The molecule has 0 spiro atoms. The SMILES string of the molecule is COc1ccc2ccccc2c1-c1cc(C(=O)NN=Cc2ccccc2Cl)[nH]n1. The predicted molar refractivity (Wildman–Crippen MR) is 115 cm³/mol. The number of benzene rings is 3. The molecule has 0 aliphatic carbocycles. The minimum absolute atomic E-state index is 0.284. The number of hydrogen-bond acceptors (Lipinski definition) is 4. The van der Waals surface area contributed by atoms with Gasteiger partial charge < -0.3 is 4.74 Å². The van der Waals surface area contributed by atoms with Gasteiger partial charge >= 0.3 is 0 Å². The van der Waals surface area contributed by atoms with Gasteiger partial charge in [0.05, 0.1) is 24.6 Å². The molecule has 0 bridgehead atoms. The summed E-state index contributed by atoms with van der Waals surface area (Å²) in [5, 5.41) is 13.6. The fourth-order valence-electron chi connectivity index (χ4n) is 3.05. The molecule has 0 aliphatic rings. The predicted octanol–water partition coefficient (Wildman–Crippen LogP) is 4.66. The number of hydrogen-bond donors (Lipinski definition) is 2. The molecule has 2 N–H and O–H groups in total. The Balaban J connectivity index is 1.60. The molecule has 0 saturated heterocycles. The van der Waals surface area contributed by atoms with E-state index in [-0.39, 0.29) is 5.69 Å². The van der Waals surface area contributed by atoms with Crippen molar-refractivity contribution in [2.45, 2.75) is 0 Å². The molecule has 0 fully saturated rings. The largest absolute Gasteiger partial charge is 0.496 e. The zero-order valence-electron chi connectivity index (χ0n) is 15.5. The quantitative estimate of drug-likeness (QED) is 0.375. The monoisotopic (exact) mass is 404 g/mol. The van der Waals surface area contributed by atoms with Crippen LogP contribution in [-0.4, -0.2) is 29.4 Å². The number of carbonyl (C=O) groups excluding carboxylic acids is 1. The van der Waals surface area contributed by atoms with Gasteiger partial charge in [-0.15, -0.1) is 0 Å². The number of fused-ring (bicyclic) bond motifs is 1. The summed E-state index contributed by atoms with van der Waals surface area (Å²) in [5.41, 5.74) is 4.90. The average Bonchev–Trinajstić information content (AvgIpc) is 3.24. The van der Waals surface area contributed by atoms with Crippen molar-refractivity contribution >= 4 is 34.5 Å². The summed E-state index contributed by atoms with van der Waals surface area (Å²) in [5.74, 6) is 0.269. The summed E-state index contributed by atoms with van der Waals surface area (Å²) in [6, 6.07) is 20.7. The molecule has 6 nitrogen and oxygen atoms in total. The summed E-state index contributed by atoms with van der Waals surface area (Å²) in [4.78, 5) is 12.4. The van der Waals surface area contributed by atoms with Crippen molar-refractivity contribution in [1.29, 1.82) is 0 Å². The Morgan fingerprint density at radius 1 is 1.14 bits per heavy atom. The first-order chi connectivity index (χ1) is 14.2. The van der Waals surface area contributed by atoms with E-state index in [4.69, 9.17) is 16.3 Å². The smallest absolute Gasteiger partial charge is 0.289 e. The third-order valence-electron chi connectivity index (χ3n) is 4.46. The lowest BCUT2D eigenvalue weighted by Gasteiger charge is -2.09. The number of hydrazone groups is 1. The summed E-state index contributed by atoms with van der Waals surface area (Å²) in [6.45, 7) is 0. The molecule has 0 saturated carbocycles. The lowest BCUT2D eigenvalue weighted by molar-refractivity contribution is 0.0950. The number of rotatable bonds is 5. The molecule has 7 heteroatoms. The average molecular weight is 405 g/mol. The number of amides is 1. The van der Waals surface area contributed by atoms with Crippen molar-refractivity contribution in [1.82, 2.24) is 15.6 Å². The molecule has 0 atom stereocenters. The van der Waals surface area contributed by atoms with Gasteiger partial charge in [-0.2, -0.15) is 10.2 Å². The lowest BCUT2D eigenvalue weighted by atomic mass is 10.0. The van der Waals surface area contributed by atoms with Crippen molar-refractivity contribution in [3.05, 3.63) is 83.0 Å². The van der Waals surface area contributed by atoms with Gasteiger partial charge in [-0.25, -0.2) is 5.43 Å². The van der Waals surface area contributed by atoms with E-state index >= 15 is 0 Å². The Hall–Kier alpha value is -3.64. The lowest BCUT2D eigenvalue weighted by Crippen LogP contribution is -2.18. The van der Waals surface area contributed by atoms with Crippen LogP contribution in [0.2, 0.25) is 5.02 Å². The number of ether oxygens (including phenoxy) is 1. The highest BCUT2D eigenvalue weighted by atomic mass is 35.5. The number of H-pyrrole nitrogens is 1. The second-order valence-corrected chi connectivity index (χ2v) is 6.66. The molecular formula is C22H17ClN4O2. The number of nitrogens with one attached hydrogen (secondary N) is 2. The number of halogens is 1. The minimum Gasteiger partial charge on any atom is -0.496 e. The van der Waals surface area contributed by atoms with E-state index in [1.807, 2.05) is 48.5 Å². The molecule has 4 rings (SSSR count). The molecule has 1 heterocycles. The zero-order valence-corrected chi connectivity index (χ0v) is 16.3. The first-order valence-corrected chi connectivity index (χ1v) is 9.24. The Morgan fingerprint density at radius 3 is 2.76 bits per heavy atom. The Kier molecular flexibility index (Phi) is 5.27. The Labute approximate surface area is 172 Å². The molecule has 29 heavy (non-hydrogen) atoms.